The lowest BCUT2D eigenvalue weighted by Gasteiger charge is -2.18. The average molecular weight is 534 g/mol. The number of aliphatic imine (C=N–C) groups is 1. The quantitative estimate of drug-likeness (QED) is 0.186. The number of benzene rings is 1. The topological polar surface area (TPSA) is 67.4 Å². The van der Waals surface area contributed by atoms with Gasteiger partial charge < -0.3 is 29.7 Å². The molecule has 0 bridgehead atoms. The third-order valence-electron chi connectivity index (χ3n) is 4.80. The van der Waals surface area contributed by atoms with Crippen LogP contribution >= 0.6 is 24.0 Å². The minimum Gasteiger partial charge on any atom is -0.494 e. The number of likely N-dealkylation sites (N-methyl/N-ethyl adjacent to an activating group) is 1. The number of nitrogens with zero attached hydrogens (tertiary/aromatic N) is 2. The molecule has 30 heavy (non-hydrogen) atoms. The first-order valence-corrected chi connectivity index (χ1v) is 10.7. The molecule has 1 aromatic rings. The van der Waals surface area contributed by atoms with Crippen molar-refractivity contribution in [3.8, 4) is 11.5 Å². The molecular formula is C22H39IN4O3. The fourth-order valence-corrected chi connectivity index (χ4v) is 3.36. The molecule has 2 N–H and O–H groups in total. The molecule has 1 heterocycles. The molecule has 1 aromatic carbocycles. The molecule has 1 atom stereocenters. The Bertz CT molecular complexity index is 658. The fourth-order valence-electron chi connectivity index (χ4n) is 3.36. The summed E-state index contributed by atoms with van der Waals surface area (Å²) in [7, 11) is 3.87. The van der Waals surface area contributed by atoms with Crippen LogP contribution in [0.25, 0.3) is 0 Å². The van der Waals surface area contributed by atoms with Crippen molar-refractivity contribution >= 4 is 29.9 Å². The van der Waals surface area contributed by atoms with Gasteiger partial charge in [0, 0.05) is 57.4 Å². The van der Waals surface area contributed by atoms with Gasteiger partial charge in [0.1, 0.15) is 17.6 Å². The van der Waals surface area contributed by atoms with Crippen LogP contribution in [0, 0.1) is 0 Å². The van der Waals surface area contributed by atoms with Crippen LogP contribution in [0.3, 0.4) is 0 Å². The van der Waals surface area contributed by atoms with Gasteiger partial charge in [0.05, 0.1) is 13.2 Å². The highest BCUT2D eigenvalue weighted by Crippen LogP contribution is 2.35. The molecule has 7 nitrogen and oxygen atoms in total. The molecule has 0 amide bonds. The van der Waals surface area contributed by atoms with Gasteiger partial charge in [-0.05, 0) is 46.4 Å². The van der Waals surface area contributed by atoms with Gasteiger partial charge in [-0.3, -0.25) is 0 Å². The third-order valence-corrected chi connectivity index (χ3v) is 4.80. The number of guanidine groups is 1. The molecule has 0 spiro atoms. The first-order valence-electron chi connectivity index (χ1n) is 10.7. The second kappa shape index (κ2) is 14.7. The highest BCUT2D eigenvalue weighted by Gasteiger charge is 2.21. The van der Waals surface area contributed by atoms with E-state index >= 15 is 0 Å². The third kappa shape index (κ3) is 8.85. The van der Waals surface area contributed by atoms with Crippen molar-refractivity contribution in [3.63, 3.8) is 0 Å². The Morgan fingerprint density at radius 1 is 1.27 bits per heavy atom. The van der Waals surface area contributed by atoms with Gasteiger partial charge >= 0.3 is 0 Å². The molecular weight excluding hydrogens is 495 g/mol. The van der Waals surface area contributed by atoms with Gasteiger partial charge in [-0.1, -0.05) is 0 Å². The molecule has 1 unspecified atom stereocenters. The summed E-state index contributed by atoms with van der Waals surface area (Å²) in [6.07, 6.45) is 2.19. The van der Waals surface area contributed by atoms with Crippen LogP contribution < -0.4 is 20.1 Å². The summed E-state index contributed by atoms with van der Waals surface area (Å²) in [5.41, 5.74) is 2.27. The second-order valence-electron chi connectivity index (χ2n) is 7.40. The molecule has 0 radical (unpaired) electrons. The lowest BCUT2D eigenvalue weighted by atomic mass is 10.1. The number of methoxy groups -OCH3 is 1. The summed E-state index contributed by atoms with van der Waals surface area (Å²) in [5, 5.41) is 6.74. The zero-order chi connectivity index (χ0) is 21.1. The normalized spacial score (nSPS) is 15.4. The fraction of sp³-hybridized carbons (Fsp3) is 0.682. The van der Waals surface area contributed by atoms with Gasteiger partial charge in [0.2, 0.25) is 0 Å². The molecule has 0 saturated heterocycles. The lowest BCUT2D eigenvalue weighted by molar-refractivity contribution is 0.180. The number of hydrogen-bond donors (Lipinski definition) is 2. The Hall–Kier alpha value is -1.26. The van der Waals surface area contributed by atoms with Crippen molar-refractivity contribution in [1.82, 2.24) is 15.5 Å². The summed E-state index contributed by atoms with van der Waals surface area (Å²) in [4.78, 5) is 7.06. The van der Waals surface area contributed by atoms with Crippen molar-refractivity contribution in [2.45, 2.75) is 46.3 Å². The van der Waals surface area contributed by atoms with E-state index in [1.807, 2.05) is 6.92 Å². The van der Waals surface area contributed by atoms with E-state index in [1.54, 1.807) is 7.11 Å². The number of halogens is 1. The van der Waals surface area contributed by atoms with Crippen molar-refractivity contribution in [2.75, 3.05) is 53.6 Å². The number of hydrogen-bond acceptors (Lipinski definition) is 5. The Morgan fingerprint density at radius 3 is 2.77 bits per heavy atom. The van der Waals surface area contributed by atoms with Crippen molar-refractivity contribution in [1.29, 1.82) is 0 Å². The van der Waals surface area contributed by atoms with Crippen LogP contribution in [0.4, 0.5) is 0 Å². The van der Waals surface area contributed by atoms with E-state index in [0.29, 0.717) is 13.2 Å². The summed E-state index contributed by atoms with van der Waals surface area (Å²) < 4.78 is 16.9. The van der Waals surface area contributed by atoms with Crippen LogP contribution in [0.2, 0.25) is 0 Å². The number of fused-ring (bicyclic) bond motifs is 1. The van der Waals surface area contributed by atoms with Gasteiger partial charge in [-0.2, -0.15) is 0 Å². The second-order valence-corrected chi connectivity index (χ2v) is 7.40. The van der Waals surface area contributed by atoms with Crippen molar-refractivity contribution < 1.29 is 14.2 Å². The number of rotatable bonds is 12. The highest BCUT2D eigenvalue weighted by atomic mass is 127. The van der Waals surface area contributed by atoms with Crippen LogP contribution in [-0.2, 0) is 17.7 Å². The zero-order valence-corrected chi connectivity index (χ0v) is 21.5. The van der Waals surface area contributed by atoms with Crippen molar-refractivity contribution in [3.05, 3.63) is 23.3 Å². The Balaban J connectivity index is 0.00000450. The van der Waals surface area contributed by atoms with Crippen LogP contribution in [0.5, 0.6) is 11.5 Å². The highest BCUT2D eigenvalue weighted by molar-refractivity contribution is 14.0. The smallest absolute Gasteiger partial charge is 0.191 e. The maximum atomic E-state index is 5.92. The number of ether oxygens (including phenoxy) is 3. The molecule has 0 saturated carbocycles. The molecule has 0 aliphatic carbocycles. The van der Waals surface area contributed by atoms with Crippen LogP contribution in [0.15, 0.2) is 17.1 Å². The van der Waals surface area contributed by atoms with E-state index in [1.165, 1.54) is 5.56 Å². The molecule has 2 rings (SSSR count). The van der Waals surface area contributed by atoms with Crippen LogP contribution in [0.1, 0.15) is 38.3 Å². The monoisotopic (exact) mass is 534 g/mol. The number of nitrogens with one attached hydrogen (secondary N) is 2. The standard InChI is InChI=1S/C22H38N4O3.HI/c1-6-23-22(24-9-11-26(4)10-8-12-27-5)25-16-19-15-21-18(13-17(3)29-21)14-20(19)28-7-2;/h14-15,17H,6-13,16H2,1-5H3,(H2,23,24,25);1H. The van der Waals surface area contributed by atoms with Gasteiger partial charge in [-0.25, -0.2) is 4.99 Å². The zero-order valence-electron chi connectivity index (χ0n) is 19.1. The first kappa shape index (κ1) is 26.8. The van der Waals surface area contributed by atoms with Gasteiger partial charge in [0.25, 0.3) is 0 Å². The maximum absolute atomic E-state index is 5.92. The van der Waals surface area contributed by atoms with E-state index in [2.05, 4.69) is 48.6 Å². The van der Waals surface area contributed by atoms with E-state index in [4.69, 9.17) is 19.2 Å². The van der Waals surface area contributed by atoms with E-state index in [9.17, 15) is 0 Å². The van der Waals surface area contributed by atoms with E-state index < -0.39 is 0 Å². The predicted octanol–water partition coefficient (Wildman–Crippen LogP) is 3.05. The predicted molar refractivity (Wildman–Crippen MR) is 134 cm³/mol. The van der Waals surface area contributed by atoms with E-state index in [-0.39, 0.29) is 30.1 Å². The summed E-state index contributed by atoms with van der Waals surface area (Å²) in [6, 6.07) is 4.20. The molecule has 0 fully saturated rings. The Kier molecular flexibility index (Phi) is 13.1. The summed E-state index contributed by atoms with van der Waals surface area (Å²) in [6.45, 7) is 11.8. The van der Waals surface area contributed by atoms with E-state index in [0.717, 1.165) is 68.6 Å². The molecule has 1 aliphatic heterocycles. The largest absolute Gasteiger partial charge is 0.494 e. The molecule has 8 heteroatoms. The summed E-state index contributed by atoms with van der Waals surface area (Å²) in [5.74, 6) is 2.68. The Labute approximate surface area is 199 Å². The molecule has 1 aliphatic rings. The summed E-state index contributed by atoms with van der Waals surface area (Å²) >= 11 is 0. The lowest BCUT2D eigenvalue weighted by Crippen LogP contribution is -2.41. The maximum Gasteiger partial charge on any atom is 0.191 e. The SMILES string of the molecule is CCNC(=NCc1cc2c(cc1OCC)CC(C)O2)NCCN(C)CCCOC.I. The Morgan fingerprint density at radius 2 is 2.07 bits per heavy atom. The first-order chi connectivity index (χ1) is 14.1. The average Bonchev–Trinajstić information content (AvgIpc) is 3.05. The van der Waals surface area contributed by atoms with Gasteiger partial charge in [-0.15, -0.1) is 24.0 Å². The van der Waals surface area contributed by atoms with Gasteiger partial charge in [0.15, 0.2) is 5.96 Å². The van der Waals surface area contributed by atoms with Crippen molar-refractivity contribution in [2.24, 2.45) is 4.99 Å². The minimum atomic E-state index is 0. The molecule has 172 valence electrons. The molecule has 0 aromatic heterocycles. The van der Waals surface area contributed by atoms with Crippen LogP contribution in [-0.4, -0.2) is 70.5 Å². The minimum absolute atomic E-state index is 0.